The van der Waals surface area contributed by atoms with Crippen molar-refractivity contribution in [2.45, 2.75) is 37.6 Å². The van der Waals surface area contributed by atoms with Crippen molar-refractivity contribution in [3.05, 3.63) is 18.2 Å². The lowest BCUT2D eigenvalue weighted by atomic mass is 10.2. The second kappa shape index (κ2) is 4.16. The van der Waals surface area contributed by atoms with Gasteiger partial charge in [0, 0.05) is 37.3 Å². The number of nitrogens with one attached hydrogen (secondary N) is 2. The van der Waals surface area contributed by atoms with Crippen LogP contribution in [0.1, 0.15) is 25.0 Å². The Morgan fingerprint density at radius 3 is 3.12 bits per heavy atom. The number of rotatable bonds is 3. The second-order valence-electron chi connectivity index (χ2n) is 4.51. The minimum atomic E-state index is -0.272. The topological polar surface area (TPSA) is 59.2 Å². The van der Waals surface area contributed by atoms with Crippen molar-refractivity contribution >= 4 is 0 Å². The number of aromatic amines is 1. The lowest BCUT2D eigenvalue weighted by Crippen LogP contribution is -2.32. The molecule has 2 fully saturated rings. The van der Waals surface area contributed by atoms with E-state index in [1.54, 1.807) is 6.33 Å². The van der Waals surface area contributed by atoms with E-state index < -0.39 is 0 Å². The van der Waals surface area contributed by atoms with Gasteiger partial charge in [0.05, 0.1) is 19.5 Å². The van der Waals surface area contributed by atoms with Gasteiger partial charge in [-0.15, -0.1) is 0 Å². The third kappa shape index (κ3) is 1.98. The van der Waals surface area contributed by atoms with Crippen LogP contribution in [0.2, 0.25) is 0 Å². The van der Waals surface area contributed by atoms with E-state index in [0.29, 0.717) is 6.04 Å². The van der Waals surface area contributed by atoms with E-state index >= 15 is 0 Å². The molecule has 2 aliphatic rings. The van der Waals surface area contributed by atoms with Crippen LogP contribution < -0.4 is 5.32 Å². The van der Waals surface area contributed by atoms with Crippen LogP contribution in [0, 0.1) is 0 Å². The molecule has 1 atom stereocenters. The summed E-state index contributed by atoms with van der Waals surface area (Å²) in [4.78, 5) is 7.08. The van der Waals surface area contributed by atoms with Crippen LogP contribution in [-0.2, 0) is 16.0 Å². The van der Waals surface area contributed by atoms with Gasteiger partial charge in [0.2, 0.25) is 0 Å². The van der Waals surface area contributed by atoms with Gasteiger partial charge in [0.15, 0.2) is 5.79 Å². The highest BCUT2D eigenvalue weighted by molar-refractivity contribution is 4.96. The van der Waals surface area contributed by atoms with E-state index in [2.05, 4.69) is 15.3 Å². The highest BCUT2D eigenvalue weighted by atomic mass is 16.7. The van der Waals surface area contributed by atoms with E-state index in [1.165, 1.54) is 0 Å². The van der Waals surface area contributed by atoms with Gasteiger partial charge < -0.3 is 19.8 Å². The van der Waals surface area contributed by atoms with Crippen LogP contribution >= 0.6 is 0 Å². The van der Waals surface area contributed by atoms with Gasteiger partial charge in [-0.25, -0.2) is 4.98 Å². The van der Waals surface area contributed by atoms with Crippen LogP contribution in [0.25, 0.3) is 0 Å². The molecule has 1 aromatic heterocycles. The first kappa shape index (κ1) is 10.3. The minimum absolute atomic E-state index is 0.272. The van der Waals surface area contributed by atoms with E-state index in [4.69, 9.17) is 9.47 Å². The molecule has 1 saturated carbocycles. The van der Waals surface area contributed by atoms with E-state index in [1.807, 2.05) is 6.20 Å². The summed E-state index contributed by atoms with van der Waals surface area (Å²) in [5.41, 5.74) is 1.12. The van der Waals surface area contributed by atoms with Crippen LogP contribution in [0.5, 0.6) is 0 Å². The fraction of sp³-hybridized carbons (Fsp3) is 0.727. The predicted octanol–water partition coefficient (Wildman–Crippen LogP) is 0.795. The zero-order valence-electron chi connectivity index (χ0n) is 9.24. The van der Waals surface area contributed by atoms with Crippen molar-refractivity contribution in [2.24, 2.45) is 0 Å². The highest BCUT2D eigenvalue weighted by Crippen LogP contribution is 2.37. The van der Waals surface area contributed by atoms with E-state index in [9.17, 15) is 0 Å². The molecule has 1 aliphatic carbocycles. The Balaban J connectivity index is 1.50. The van der Waals surface area contributed by atoms with Gasteiger partial charge in [0.25, 0.3) is 0 Å². The molecule has 0 amide bonds. The van der Waals surface area contributed by atoms with Gasteiger partial charge in [-0.3, -0.25) is 0 Å². The van der Waals surface area contributed by atoms with Crippen molar-refractivity contribution in [1.82, 2.24) is 15.3 Å². The average Bonchev–Trinajstić information content (AvgIpc) is 3.01. The maximum atomic E-state index is 5.69. The first-order chi connectivity index (χ1) is 7.86. The molecule has 1 saturated heterocycles. The zero-order valence-corrected chi connectivity index (χ0v) is 9.24. The molecule has 88 valence electrons. The molecule has 5 heteroatoms. The van der Waals surface area contributed by atoms with Crippen LogP contribution in [0.15, 0.2) is 12.5 Å². The standard InChI is InChI=1S/C11H17N3O2/c1-2-11(15-3-4-16-11)5-9(1)13-7-10-6-12-8-14-10/h6,8-9,13H,1-5,7H2,(H,12,14). The van der Waals surface area contributed by atoms with Crippen molar-refractivity contribution in [2.75, 3.05) is 13.2 Å². The third-order valence-corrected chi connectivity index (χ3v) is 3.38. The van der Waals surface area contributed by atoms with Crippen molar-refractivity contribution in [3.63, 3.8) is 0 Å². The molecule has 2 N–H and O–H groups in total. The number of H-pyrrole nitrogens is 1. The Bertz CT molecular complexity index is 333. The van der Waals surface area contributed by atoms with Gasteiger partial charge in [0.1, 0.15) is 0 Å². The Kier molecular flexibility index (Phi) is 2.67. The second-order valence-corrected chi connectivity index (χ2v) is 4.51. The van der Waals surface area contributed by atoms with Gasteiger partial charge in [-0.05, 0) is 6.42 Å². The lowest BCUT2D eigenvalue weighted by molar-refractivity contribution is -0.151. The highest BCUT2D eigenvalue weighted by Gasteiger charge is 2.43. The summed E-state index contributed by atoms with van der Waals surface area (Å²) in [6.45, 7) is 2.32. The summed E-state index contributed by atoms with van der Waals surface area (Å²) in [6.07, 6.45) is 6.64. The molecule has 1 spiro atoms. The molecule has 1 unspecified atom stereocenters. The third-order valence-electron chi connectivity index (χ3n) is 3.38. The van der Waals surface area contributed by atoms with Crippen LogP contribution in [-0.4, -0.2) is 35.0 Å². The molecule has 2 heterocycles. The van der Waals surface area contributed by atoms with Gasteiger partial charge >= 0.3 is 0 Å². The SMILES string of the molecule is c1ncc(CNC2CCC3(C2)OCCO3)[nH]1. The molecule has 5 nitrogen and oxygen atoms in total. The molecule has 16 heavy (non-hydrogen) atoms. The Morgan fingerprint density at radius 1 is 1.50 bits per heavy atom. The number of aromatic nitrogens is 2. The number of ether oxygens (including phenoxy) is 2. The summed E-state index contributed by atoms with van der Waals surface area (Å²) in [5.74, 6) is -0.272. The average molecular weight is 223 g/mol. The fourth-order valence-corrected chi connectivity index (χ4v) is 2.54. The van der Waals surface area contributed by atoms with Crippen molar-refractivity contribution < 1.29 is 9.47 Å². The normalized spacial score (nSPS) is 27.9. The maximum absolute atomic E-state index is 5.69. The van der Waals surface area contributed by atoms with E-state index in [-0.39, 0.29) is 5.79 Å². The first-order valence-corrected chi connectivity index (χ1v) is 5.85. The number of hydrogen-bond donors (Lipinski definition) is 2. The van der Waals surface area contributed by atoms with Gasteiger partial charge in [-0.1, -0.05) is 0 Å². The quantitative estimate of drug-likeness (QED) is 0.795. The Morgan fingerprint density at radius 2 is 2.38 bits per heavy atom. The Hall–Kier alpha value is -0.910. The molecule has 0 aromatic carbocycles. The van der Waals surface area contributed by atoms with Crippen LogP contribution in [0.4, 0.5) is 0 Å². The molecule has 3 rings (SSSR count). The van der Waals surface area contributed by atoms with E-state index in [0.717, 1.165) is 44.7 Å². The number of nitrogens with zero attached hydrogens (tertiary/aromatic N) is 1. The summed E-state index contributed by atoms with van der Waals surface area (Å²) in [5, 5.41) is 3.50. The monoisotopic (exact) mass is 223 g/mol. The Labute approximate surface area is 94.5 Å². The lowest BCUT2D eigenvalue weighted by Gasteiger charge is -2.21. The summed E-state index contributed by atoms with van der Waals surface area (Å²) in [7, 11) is 0. The van der Waals surface area contributed by atoms with Crippen molar-refractivity contribution in [3.8, 4) is 0 Å². The molecule has 0 radical (unpaired) electrons. The summed E-state index contributed by atoms with van der Waals surface area (Å²) in [6, 6.07) is 0.487. The van der Waals surface area contributed by atoms with Crippen LogP contribution in [0.3, 0.4) is 0 Å². The zero-order chi connectivity index (χ0) is 10.8. The number of imidazole rings is 1. The largest absolute Gasteiger partial charge is 0.347 e. The van der Waals surface area contributed by atoms with Gasteiger partial charge in [-0.2, -0.15) is 0 Å². The molecule has 0 bridgehead atoms. The minimum Gasteiger partial charge on any atom is -0.347 e. The predicted molar refractivity (Wildman–Crippen MR) is 57.7 cm³/mol. The number of hydrogen-bond acceptors (Lipinski definition) is 4. The molecular formula is C11H17N3O2. The summed E-state index contributed by atoms with van der Waals surface area (Å²) >= 11 is 0. The first-order valence-electron chi connectivity index (χ1n) is 5.85. The molecule has 1 aliphatic heterocycles. The smallest absolute Gasteiger partial charge is 0.170 e. The summed E-state index contributed by atoms with van der Waals surface area (Å²) < 4.78 is 11.4. The van der Waals surface area contributed by atoms with Crippen molar-refractivity contribution in [1.29, 1.82) is 0 Å². The molecular weight excluding hydrogens is 206 g/mol. The molecule has 1 aromatic rings. The maximum Gasteiger partial charge on any atom is 0.170 e. The fourth-order valence-electron chi connectivity index (χ4n) is 2.54.